The minimum atomic E-state index is -0.746. The lowest BCUT2D eigenvalue weighted by molar-refractivity contribution is -0.145. The van der Waals surface area contributed by atoms with E-state index in [1.165, 1.54) is 0 Å². The molecule has 108 valence electrons. The van der Waals surface area contributed by atoms with E-state index in [2.05, 4.69) is 18.9 Å². The van der Waals surface area contributed by atoms with E-state index in [0.717, 1.165) is 18.5 Å². The molecule has 0 bridgehead atoms. The summed E-state index contributed by atoms with van der Waals surface area (Å²) in [4.78, 5) is 11.4. The second-order valence-electron chi connectivity index (χ2n) is 6.22. The van der Waals surface area contributed by atoms with Gasteiger partial charge in [-0.25, -0.2) is 0 Å². The number of hydrogen-bond donors (Lipinski definition) is 1. The molecule has 0 saturated heterocycles. The zero-order chi connectivity index (χ0) is 14.6. The van der Waals surface area contributed by atoms with Crippen molar-refractivity contribution in [2.45, 2.75) is 59.9 Å². The van der Waals surface area contributed by atoms with E-state index in [4.69, 9.17) is 0 Å². The summed E-state index contributed by atoms with van der Waals surface area (Å²) >= 11 is 0. The maximum atomic E-state index is 11.4. The van der Waals surface area contributed by atoms with Crippen LogP contribution in [0, 0.1) is 11.3 Å². The third-order valence-electron chi connectivity index (χ3n) is 3.74. The molecule has 1 rings (SSSR count). The Balaban J connectivity index is 2.85. The van der Waals surface area contributed by atoms with Gasteiger partial charge in [-0.3, -0.25) is 9.48 Å². The zero-order valence-electron chi connectivity index (χ0n) is 12.7. The summed E-state index contributed by atoms with van der Waals surface area (Å²) in [6, 6.07) is 2.35. The molecular weight excluding hydrogens is 240 g/mol. The summed E-state index contributed by atoms with van der Waals surface area (Å²) < 4.78 is 1.97. The Labute approximate surface area is 115 Å². The van der Waals surface area contributed by atoms with Gasteiger partial charge in [0.05, 0.1) is 17.7 Å². The lowest BCUT2D eigenvalue weighted by Gasteiger charge is -2.26. The normalized spacial score (nSPS) is 13.8. The fourth-order valence-electron chi connectivity index (χ4n) is 2.33. The third kappa shape index (κ3) is 4.08. The topological polar surface area (TPSA) is 55.1 Å². The number of aliphatic carboxylic acids is 1. The van der Waals surface area contributed by atoms with Crippen LogP contribution in [0.5, 0.6) is 0 Å². The van der Waals surface area contributed by atoms with Gasteiger partial charge >= 0.3 is 5.97 Å². The average Bonchev–Trinajstić information content (AvgIpc) is 2.74. The summed E-state index contributed by atoms with van der Waals surface area (Å²) in [6.07, 6.45) is 4.54. The molecule has 0 aromatic carbocycles. The van der Waals surface area contributed by atoms with Crippen molar-refractivity contribution in [2.24, 2.45) is 11.3 Å². The number of carboxylic acid groups (broad SMARTS) is 1. The van der Waals surface area contributed by atoms with Crippen LogP contribution in [0.3, 0.4) is 0 Å². The van der Waals surface area contributed by atoms with E-state index < -0.39 is 11.9 Å². The quantitative estimate of drug-likeness (QED) is 0.857. The number of hydrogen-bond acceptors (Lipinski definition) is 2. The van der Waals surface area contributed by atoms with Crippen LogP contribution in [0.25, 0.3) is 0 Å². The highest BCUT2D eigenvalue weighted by Crippen LogP contribution is 2.29. The Morgan fingerprint density at radius 1 is 1.37 bits per heavy atom. The van der Waals surface area contributed by atoms with Crippen molar-refractivity contribution in [2.75, 3.05) is 0 Å². The SMILES string of the molecule is CCC(CC)n1ccc(CC(C(=O)O)C(C)(C)C)n1. The number of carboxylic acids is 1. The van der Waals surface area contributed by atoms with E-state index in [-0.39, 0.29) is 5.41 Å². The van der Waals surface area contributed by atoms with Crippen molar-refractivity contribution in [1.29, 1.82) is 0 Å². The molecule has 1 heterocycles. The zero-order valence-corrected chi connectivity index (χ0v) is 12.7. The van der Waals surface area contributed by atoms with Crippen LogP contribution in [0.4, 0.5) is 0 Å². The summed E-state index contributed by atoms with van der Waals surface area (Å²) in [7, 11) is 0. The summed E-state index contributed by atoms with van der Waals surface area (Å²) in [5.74, 6) is -1.15. The molecule has 1 atom stereocenters. The monoisotopic (exact) mass is 266 g/mol. The first kappa shape index (κ1) is 15.7. The third-order valence-corrected chi connectivity index (χ3v) is 3.74. The number of nitrogens with zero attached hydrogens (tertiary/aromatic N) is 2. The van der Waals surface area contributed by atoms with Crippen LogP contribution < -0.4 is 0 Å². The van der Waals surface area contributed by atoms with Gasteiger partial charge in [0.2, 0.25) is 0 Å². The van der Waals surface area contributed by atoms with Crippen LogP contribution in [0.2, 0.25) is 0 Å². The largest absolute Gasteiger partial charge is 0.481 e. The molecule has 0 aliphatic carbocycles. The first-order valence-corrected chi connectivity index (χ1v) is 7.06. The minimum absolute atomic E-state index is 0.259. The Bertz CT molecular complexity index is 414. The molecule has 0 amide bonds. The van der Waals surface area contributed by atoms with Gasteiger partial charge in [-0.05, 0) is 24.3 Å². The fraction of sp³-hybridized carbons (Fsp3) is 0.733. The molecule has 0 fully saturated rings. The molecule has 0 aliphatic heterocycles. The van der Waals surface area contributed by atoms with Crippen LogP contribution in [0.1, 0.15) is 59.2 Å². The smallest absolute Gasteiger partial charge is 0.307 e. The van der Waals surface area contributed by atoms with E-state index in [1.54, 1.807) is 0 Å². The molecule has 1 N–H and O–H groups in total. The molecule has 1 aromatic heterocycles. The molecule has 4 nitrogen and oxygen atoms in total. The molecule has 1 unspecified atom stereocenters. The van der Waals surface area contributed by atoms with Gasteiger partial charge in [-0.15, -0.1) is 0 Å². The molecular formula is C15H26N2O2. The molecule has 1 aromatic rings. The maximum Gasteiger partial charge on any atom is 0.307 e. The predicted molar refractivity (Wildman–Crippen MR) is 76.1 cm³/mol. The number of rotatable bonds is 6. The molecule has 0 spiro atoms. The Hall–Kier alpha value is -1.32. The highest BCUT2D eigenvalue weighted by molar-refractivity contribution is 5.71. The Morgan fingerprint density at radius 2 is 1.95 bits per heavy atom. The van der Waals surface area contributed by atoms with Crippen LogP contribution in [-0.4, -0.2) is 20.9 Å². The molecule has 4 heteroatoms. The van der Waals surface area contributed by atoms with E-state index in [9.17, 15) is 9.90 Å². The second-order valence-corrected chi connectivity index (χ2v) is 6.22. The van der Waals surface area contributed by atoms with E-state index in [0.29, 0.717) is 12.5 Å². The van der Waals surface area contributed by atoms with Gasteiger partial charge in [0.15, 0.2) is 0 Å². The van der Waals surface area contributed by atoms with Crippen LogP contribution in [0.15, 0.2) is 12.3 Å². The minimum Gasteiger partial charge on any atom is -0.481 e. The van der Waals surface area contributed by atoms with Gasteiger partial charge in [0.25, 0.3) is 0 Å². The second kappa shape index (κ2) is 6.22. The lowest BCUT2D eigenvalue weighted by Crippen LogP contribution is -2.30. The molecule has 0 aliphatic rings. The Morgan fingerprint density at radius 3 is 2.37 bits per heavy atom. The van der Waals surface area contributed by atoms with Gasteiger partial charge in [0.1, 0.15) is 0 Å². The summed E-state index contributed by atoms with van der Waals surface area (Å²) in [5.41, 5.74) is 0.610. The van der Waals surface area contributed by atoms with Gasteiger partial charge in [-0.2, -0.15) is 5.10 Å². The number of aromatic nitrogens is 2. The summed E-state index contributed by atoms with van der Waals surface area (Å²) in [6.45, 7) is 10.2. The van der Waals surface area contributed by atoms with Gasteiger partial charge in [-0.1, -0.05) is 34.6 Å². The van der Waals surface area contributed by atoms with Crippen molar-refractivity contribution in [3.05, 3.63) is 18.0 Å². The standard InChI is InChI=1S/C15H26N2O2/c1-6-12(7-2)17-9-8-11(16-17)10-13(14(18)19)15(3,4)5/h8-9,12-13H,6-7,10H2,1-5H3,(H,18,19). The van der Waals surface area contributed by atoms with Crippen molar-refractivity contribution < 1.29 is 9.90 Å². The van der Waals surface area contributed by atoms with Crippen molar-refractivity contribution >= 4 is 5.97 Å². The molecule has 19 heavy (non-hydrogen) atoms. The van der Waals surface area contributed by atoms with E-state index >= 15 is 0 Å². The van der Waals surface area contributed by atoms with Crippen LogP contribution in [-0.2, 0) is 11.2 Å². The van der Waals surface area contributed by atoms with Crippen molar-refractivity contribution in [3.8, 4) is 0 Å². The predicted octanol–water partition coefficient (Wildman–Crippen LogP) is 3.53. The van der Waals surface area contributed by atoms with E-state index in [1.807, 2.05) is 37.7 Å². The van der Waals surface area contributed by atoms with Crippen molar-refractivity contribution in [1.82, 2.24) is 9.78 Å². The highest BCUT2D eigenvalue weighted by Gasteiger charge is 2.31. The summed E-state index contributed by atoms with van der Waals surface area (Å²) in [5, 5.41) is 13.9. The van der Waals surface area contributed by atoms with Crippen LogP contribution >= 0.6 is 0 Å². The van der Waals surface area contributed by atoms with Gasteiger partial charge < -0.3 is 5.11 Å². The molecule has 0 saturated carbocycles. The maximum absolute atomic E-state index is 11.4. The Kier molecular flexibility index (Phi) is 5.15. The first-order chi connectivity index (χ1) is 8.79. The van der Waals surface area contributed by atoms with Crippen molar-refractivity contribution in [3.63, 3.8) is 0 Å². The number of carbonyl (C=O) groups is 1. The first-order valence-electron chi connectivity index (χ1n) is 7.06. The van der Waals surface area contributed by atoms with Gasteiger partial charge in [0, 0.05) is 12.6 Å². The fourth-order valence-corrected chi connectivity index (χ4v) is 2.33. The lowest BCUT2D eigenvalue weighted by atomic mass is 9.78. The average molecular weight is 266 g/mol. The highest BCUT2D eigenvalue weighted by atomic mass is 16.4. The molecule has 0 radical (unpaired) electrons.